The Bertz CT molecular complexity index is 734. The fourth-order valence-corrected chi connectivity index (χ4v) is 3.32. The molecule has 0 radical (unpaired) electrons. The highest BCUT2D eigenvalue weighted by Crippen LogP contribution is 2.24. The largest absolute Gasteiger partial charge is 0.458 e. The molecule has 0 aliphatic carbocycles. The van der Waals surface area contributed by atoms with Gasteiger partial charge in [0.15, 0.2) is 0 Å². The van der Waals surface area contributed by atoms with E-state index in [0.717, 1.165) is 27.2 Å². The average molecular weight is 311 g/mol. The zero-order valence-corrected chi connectivity index (χ0v) is 13.2. The molecule has 0 amide bonds. The molecular weight excluding hydrogens is 294 g/mol. The Morgan fingerprint density at radius 3 is 2.59 bits per heavy atom. The Hall–Kier alpha value is -2.20. The van der Waals surface area contributed by atoms with E-state index in [4.69, 9.17) is 4.74 Å². The molecule has 3 nitrogen and oxygen atoms in total. The van der Waals surface area contributed by atoms with Crippen LogP contribution in [0.1, 0.15) is 29.8 Å². The molecule has 3 rings (SSSR count). The zero-order valence-electron chi connectivity index (χ0n) is 12.4. The van der Waals surface area contributed by atoms with Crippen LogP contribution >= 0.6 is 11.3 Å². The van der Waals surface area contributed by atoms with Gasteiger partial charge in [0.05, 0.1) is 16.1 Å². The first-order valence-corrected chi connectivity index (χ1v) is 8.15. The van der Waals surface area contributed by atoms with Gasteiger partial charge in [-0.05, 0) is 24.1 Å². The Kier molecular flexibility index (Phi) is 4.49. The minimum Gasteiger partial charge on any atom is -0.458 e. The summed E-state index contributed by atoms with van der Waals surface area (Å²) in [5.41, 5.74) is 1.95. The molecule has 1 atom stereocenters. The molecule has 22 heavy (non-hydrogen) atoms. The van der Waals surface area contributed by atoms with Crippen LogP contribution in [0.4, 0.5) is 0 Å². The third kappa shape index (κ3) is 3.17. The maximum absolute atomic E-state index is 12.3. The number of rotatable bonds is 5. The summed E-state index contributed by atoms with van der Waals surface area (Å²) >= 11 is 1.57. The molecule has 3 aromatic rings. The number of thiazole rings is 1. The van der Waals surface area contributed by atoms with Gasteiger partial charge in [0.25, 0.3) is 0 Å². The summed E-state index contributed by atoms with van der Waals surface area (Å²) in [6.07, 6.45) is 0.725. The molecule has 2 aromatic carbocycles. The van der Waals surface area contributed by atoms with Gasteiger partial charge in [0.2, 0.25) is 0 Å². The Morgan fingerprint density at radius 1 is 1.14 bits per heavy atom. The second-order valence-corrected chi connectivity index (χ2v) is 6.17. The van der Waals surface area contributed by atoms with Crippen molar-refractivity contribution in [1.82, 2.24) is 4.98 Å². The predicted molar refractivity (Wildman–Crippen MR) is 88.9 cm³/mol. The molecule has 0 spiro atoms. The number of ether oxygens (including phenoxy) is 1. The number of fused-ring (bicyclic) bond motifs is 1. The van der Waals surface area contributed by atoms with Crippen molar-refractivity contribution >= 4 is 27.5 Å². The van der Waals surface area contributed by atoms with Gasteiger partial charge in [-0.3, -0.25) is 4.79 Å². The fourth-order valence-electron chi connectivity index (χ4n) is 2.44. The van der Waals surface area contributed by atoms with Crippen molar-refractivity contribution in [3.63, 3.8) is 0 Å². The fraction of sp³-hybridized carbons (Fsp3) is 0.222. The highest BCUT2D eigenvalue weighted by atomic mass is 32.1. The van der Waals surface area contributed by atoms with E-state index in [1.54, 1.807) is 11.3 Å². The summed E-state index contributed by atoms with van der Waals surface area (Å²) in [6, 6.07) is 17.7. The van der Waals surface area contributed by atoms with Crippen LogP contribution in [0.5, 0.6) is 0 Å². The lowest BCUT2D eigenvalue weighted by Crippen LogP contribution is -2.15. The number of carbonyl (C=O) groups is 1. The monoisotopic (exact) mass is 311 g/mol. The van der Waals surface area contributed by atoms with E-state index in [-0.39, 0.29) is 18.5 Å². The lowest BCUT2D eigenvalue weighted by atomic mass is 9.97. The van der Waals surface area contributed by atoms with Crippen LogP contribution in [-0.2, 0) is 16.1 Å². The molecule has 0 fully saturated rings. The van der Waals surface area contributed by atoms with Crippen molar-refractivity contribution in [3.05, 3.63) is 65.2 Å². The molecule has 1 aromatic heterocycles. The minimum atomic E-state index is -0.212. The molecule has 0 bridgehead atoms. The maximum atomic E-state index is 12.3. The number of hydrogen-bond donors (Lipinski definition) is 0. The predicted octanol–water partition coefficient (Wildman–Crippen LogP) is 4.53. The molecule has 0 N–H and O–H groups in total. The third-order valence-electron chi connectivity index (χ3n) is 3.57. The summed E-state index contributed by atoms with van der Waals surface area (Å²) in [4.78, 5) is 16.8. The van der Waals surface area contributed by atoms with Crippen molar-refractivity contribution in [2.75, 3.05) is 0 Å². The Labute approximate surface area is 133 Å². The van der Waals surface area contributed by atoms with Crippen LogP contribution in [0.3, 0.4) is 0 Å². The van der Waals surface area contributed by atoms with Gasteiger partial charge in [-0.1, -0.05) is 49.4 Å². The second kappa shape index (κ2) is 6.71. The summed E-state index contributed by atoms with van der Waals surface area (Å²) in [5.74, 6) is -0.400. The molecule has 4 heteroatoms. The molecule has 0 aliphatic heterocycles. The average Bonchev–Trinajstić information content (AvgIpc) is 2.97. The quantitative estimate of drug-likeness (QED) is 0.650. The normalized spacial score (nSPS) is 12.2. The Balaban J connectivity index is 1.68. The van der Waals surface area contributed by atoms with Gasteiger partial charge in [-0.25, -0.2) is 4.98 Å². The second-order valence-electron chi connectivity index (χ2n) is 5.05. The summed E-state index contributed by atoms with van der Waals surface area (Å²) < 4.78 is 6.59. The van der Waals surface area contributed by atoms with Gasteiger partial charge in [-0.2, -0.15) is 0 Å². The lowest BCUT2D eigenvalue weighted by Gasteiger charge is -2.13. The van der Waals surface area contributed by atoms with Crippen molar-refractivity contribution in [1.29, 1.82) is 0 Å². The maximum Gasteiger partial charge on any atom is 0.313 e. The zero-order chi connectivity index (χ0) is 15.4. The highest BCUT2D eigenvalue weighted by molar-refractivity contribution is 7.18. The van der Waals surface area contributed by atoms with Crippen LogP contribution in [0.15, 0.2) is 54.6 Å². The van der Waals surface area contributed by atoms with Crippen molar-refractivity contribution in [2.45, 2.75) is 25.9 Å². The first-order valence-electron chi connectivity index (χ1n) is 7.34. The first-order chi connectivity index (χ1) is 10.8. The van der Waals surface area contributed by atoms with E-state index in [1.807, 2.05) is 61.5 Å². The van der Waals surface area contributed by atoms with Crippen LogP contribution < -0.4 is 0 Å². The molecule has 112 valence electrons. The number of esters is 1. The smallest absolute Gasteiger partial charge is 0.313 e. The molecule has 1 heterocycles. The van der Waals surface area contributed by atoms with E-state index in [1.165, 1.54) is 0 Å². The van der Waals surface area contributed by atoms with E-state index >= 15 is 0 Å². The van der Waals surface area contributed by atoms with Gasteiger partial charge in [0.1, 0.15) is 11.6 Å². The summed E-state index contributed by atoms with van der Waals surface area (Å²) in [7, 11) is 0. The molecule has 0 aliphatic rings. The minimum absolute atomic E-state index is 0.187. The lowest BCUT2D eigenvalue weighted by molar-refractivity contribution is -0.146. The van der Waals surface area contributed by atoms with Crippen molar-refractivity contribution in [3.8, 4) is 0 Å². The van der Waals surface area contributed by atoms with Crippen molar-refractivity contribution < 1.29 is 9.53 Å². The van der Waals surface area contributed by atoms with E-state index in [2.05, 4.69) is 4.98 Å². The number of para-hydroxylation sites is 1. The van der Waals surface area contributed by atoms with Crippen LogP contribution in [0, 0.1) is 0 Å². The van der Waals surface area contributed by atoms with Crippen molar-refractivity contribution in [2.24, 2.45) is 0 Å². The van der Waals surface area contributed by atoms with E-state index in [9.17, 15) is 4.79 Å². The van der Waals surface area contributed by atoms with Crippen LogP contribution in [0.25, 0.3) is 10.2 Å². The molecule has 0 saturated heterocycles. The van der Waals surface area contributed by atoms with Crippen LogP contribution in [-0.4, -0.2) is 11.0 Å². The molecule has 1 unspecified atom stereocenters. The van der Waals surface area contributed by atoms with Gasteiger partial charge < -0.3 is 4.74 Å². The number of aromatic nitrogens is 1. The SMILES string of the molecule is CCC(C(=O)OCc1nc2ccccc2s1)c1ccccc1. The van der Waals surface area contributed by atoms with Gasteiger partial charge in [-0.15, -0.1) is 11.3 Å². The molecular formula is C18H17NO2S. The number of carbonyl (C=O) groups excluding carboxylic acids is 1. The van der Waals surface area contributed by atoms with Crippen LogP contribution in [0.2, 0.25) is 0 Å². The Morgan fingerprint density at radius 2 is 1.86 bits per heavy atom. The number of nitrogens with zero attached hydrogens (tertiary/aromatic N) is 1. The van der Waals surface area contributed by atoms with Gasteiger partial charge >= 0.3 is 5.97 Å². The topological polar surface area (TPSA) is 39.2 Å². The van der Waals surface area contributed by atoms with Gasteiger partial charge in [0, 0.05) is 0 Å². The summed E-state index contributed by atoms with van der Waals surface area (Å²) in [5, 5.41) is 0.831. The third-order valence-corrected chi connectivity index (χ3v) is 4.58. The van der Waals surface area contributed by atoms with E-state index in [0.29, 0.717) is 0 Å². The standard InChI is InChI=1S/C18H17NO2S/c1-2-14(13-8-4-3-5-9-13)18(20)21-12-17-19-15-10-6-7-11-16(15)22-17/h3-11,14H,2,12H2,1H3. The highest BCUT2D eigenvalue weighted by Gasteiger charge is 2.20. The molecule has 0 saturated carbocycles. The number of hydrogen-bond acceptors (Lipinski definition) is 4. The first kappa shape index (κ1) is 14.7. The summed E-state index contributed by atoms with van der Waals surface area (Å²) in [6.45, 7) is 2.23. The number of benzene rings is 2. The van der Waals surface area contributed by atoms with E-state index < -0.39 is 0 Å².